The third-order valence-corrected chi connectivity index (χ3v) is 3.90. The molecule has 1 fully saturated rings. The number of likely N-dealkylation sites (N-methyl/N-ethyl adjacent to an activating group) is 1. The van der Waals surface area contributed by atoms with Gasteiger partial charge in [-0.2, -0.15) is 13.2 Å². The first-order valence-corrected chi connectivity index (χ1v) is 7.49. The number of halogens is 3. The van der Waals surface area contributed by atoms with E-state index in [1.165, 1.54) is 0 Å². The van der Waals surface area contributed by atoms with E-state index in [1.54, 1.807) is 4.90 Å². The molecule has 2 unspecified atom stereocenters. The van der Waals surface area contributed by atoms with Crippen LogP contribution in [-0.2, 0) is 4.79 Å². The first-order chi connectivity index (χ1) is 9.75. The normalized spacial score (nSPS) is 23.4. The van der Waals surface area contributed by atoms with Crippen LogP contribution in [0.5, 0.6) is 0 Å². The zero-order valence-electron chi connectivity index (χ0n) is 13.0. The molecule has 0 saturated carbocycles. The zero-order valence-corrected chi connectivity index (χ0v) is 13.0. The van der Waals surface area contributed by atoms with Gasteiger partial charge in [0, 0.05) is 19.6 Å². The van der Waals surface area contributed by atoms with Gasteiger partial charge in [0.25, 0.3) is 0 Å². The van der Waals surface area contributed by atoms with Crippen LogP contribution in [0.1, 0.15) is 26.2 Å². The molecule has 0 aromatic carbocycles. The summed E-state index contributed by atoms with van der Waals surface area (Å²) in [4.78, 5) is 16.1. The largest absolute Gasteiger partial charge is 0.393 e. The Morgan fingerprint density at radius 1 is 1.24 bits per heavy atom. The van der Waals surface area contributed by atoms with Crippen LogP contribution in [0, 0.1) is 5.92 Å². The first kappa shape index (κ1) is 18.2. The van der Waals surface area contributed by atoms with Gasteiger partial charge in [-0.15, -0.1) is 0 Å². The Morgan fingerprint density at radius 2 is 1.90 bits per heavy atom. The molecule has 1 heterocycles. The third kappa shape index (κ3) is 5.82. The van der Waals surface area contributed by atoms with E-state index in [2.05, 4.69) is 5.32 Å². The molecule has 1 amide bonds. The predicted molar refractivity (Wildman–Crippen MR) is 76.0 cm³/mol. The zero-order chi connectivity index (χ0) is 16.0. The van der Waals surface area contributed by atoms with Crippen LogP contribution in [0.4, 0.5) is 13.2 Å². The van der Waals surface area contributed by atoms with E-state index in [0.29, 0.717) is 13.1 Å². The summed E-state index contributed by atoms with van der Waals surface area (Å²) in [7, 11) is 3.94. The monoisotopic (exact) mass is 309 g/mol. The van der Waals surface area contributed by atoms with Crippen molar-refractivity contribution in [1.29, 1.82) is 0 Å². The summed E-state index contributed by atoms with van der Waals surface area (Å²) in [5, 5.41) is 2.77. The lowest BCUT2D eigenvalue weighted by molar-refractivity contribution is -0.180. The molecule has 0 spiro atoms. The van der Waals surface area contributed by atoms with Crippen molar-refractivity contribution in [2.45, 2.75) is 38.4 Å². The number of carbonyl (C=O) groups excluding carboxylic acids is 1. The number of amides is 1. The molecule has 0 aromatic rings. The maximum Gasteiger partial charge on any atom is 0.393 e. The molecule has 2 atom stereocenters. The fourth-order valence-electron chi connectivity index (χ4n) is 2.57. The maximum atomic E-state index is 12.6. The van der Waals surface area contributed by atoms with E-state index in [9.17, 15) is 18.0 Å². The highest BCUT2D eigenvalue weighted by Gasteiger charge is 2.42. The topological polar surface area (TPSA) is 35.6 Å². The van der Waals surface area contributed by atoms with E-state index >= 15 is 0 Å². The van der Waals surface area contributed by atoms with E-state index in [1.807, 2.05) is 25.9 Å². The van der Waals surface area contributed by atoms with Gasteiger partial charge in [0.15, 0.2) is 0 Å². The lowest BCUT2D eigenvalue weighted by atomic mass is 9.93. The van der Waals surface area contributed by atoms with Crippen molar-refractivity contribution in [3.63, 3.8) is 0 Å². The molecule has 1 N–H and O–H groups in total. The van der Waals surface area contributed by atoms with Gasteiger partial charge in [-0.25, -0.2) is 0 Å². The van der Waals surface area contributed by atoms with Crippen molar-refractivity contribution in [2.24, 2.45) is 5.92 Å². The van der Waals surface area contributed by atoms with Gasteiger partial charge in [-0.05, 0) is 46.8 Å². The van der Waals surface area contributed by atoms with E-state index in [4.69, 9.17) is 0 Å². The predicted octanol–water partition coefficient (Wildman–Crippen LogP) is 1.72. The molecule has 0 radical (unpaired) electrons. The quantitative estimate of drug-likeness (QED) is 0.811. The van der Waals surface area contributed by atoms with Crippen molar-refractivity contribution in [2.75, 3.05) is 40.3 Å². The standard InChI is InChI=1S/C14H26F3N3O/c1-4-20(9-5-8-19(2)3)13(21)12-7-6-11(10-18-12)14(15,16)17/h11-12,18H,4-10H2,1-3H3. The average Bonchev–Trinajstić information content (AvgIpc) is 2.42. The average molecular weight is 309 g/mol. The molecule has 0 aromatic heterocycles. The minimum Gasteiger partial charge on any atom is -0.342 e. The molecule has 7 heteroatoms. The Morgan fingerprint density at radius 3 is 2.33 bits per heavy atom. The SMILES string of the molecule is CCN(CCCN(C)C)C(=O)C1CCC(C(F)(F)F)CN1. The molecule has 1 aliphatic rings. The Balaban J connectivity index is 2.43. The highest BCUT2D eigenvalue weighted by atomic mass is 19.4. The lowest BCUT2D eigenvalue weighted by Gasteiger charge is -2.33. The van der Waals surface area contributed by atoms with Crippen molar-refractivity contribution >= 4 is 5.91 Å². The summed E-state index contributed by atoms with van der Waals surface area (Å²) >= 11 is 0. The van der Waals surface area contributed by atoms with Gasteiger partial charge in [-0.1, -0.05) is 0 Å². The van der Waals surface area contributed by atoms with Crippen LogP contribution in [-0.4, -0.2) is 68.2 Å². The van der Waals surface area contributed by atoms with Crippen molar-refractivity contribution in [1.82, 2.24) is 15.1 Å². The fourth-order valence-corrected chi connectivity index (χ4v) is 2.57. The summed E-state index contributed by atoms with van der Waals surface area (Å²) in [6.45, 7) is 3.86. The lowest BCUT2D eigenvalue weighted by Crippen LogP contribution is -2.52. The number of piperidine rings is 1. The molecule has 21 heavy (non-hydrogen) atoms. The molecule has 124 valence electrons. The number of hydrogen-bond acceptors (Lipinski definition) is 3. The highest BCUT2D eigenvalue weighted by molar-refractivity contribution is 5.82. The third-order valence-electron chi connectivity index (χ3n) is 3.90. The van der Waals surface area contributed by atoms with Gasteiger partial charge in [-0.3, -0.25) is 4.79 Å². The van der Waals surface area contributed by atoms with Crippen LogP contribution < -0.4 is 5.32 Å². The van der Waals surface area contributed by atoms with Crippen molar-refractivity contribution in [3.05, 3.63) is 0 Å². The molecular formula is C14H26F3N3O. The van der Waals surface area contributed by atoms with Gasteiger partial charge in [0.1, 0.15) is 0 Å². The van der Waals surface area contributed by atoms with E-state index in [-0.39, 0.29) is 25.3 Å². The van der Waals surface area contributed by atoms with Gasteiger partial charge in [0.2, 0.25) is 5.91 Å². The Hall–Kier alpha value is -0.820. The number of nitrogens with one attached hydrogen (secondary N) is 1. The molecule has 1 rings (SSSR count). The second kappa shape index (κ2) is 7.98. The molecule has 0 bridgehead atoms. The smallest absolute Gasteiger partial charge is 0.342 e. The highest BCUT2D eigenvalue weighted by Crippen LogP contribution is 2.32. The van der Waals surface area contributed by atoms with Crippen LogP contribution >= 0.6 is 0 Å². The molecule has 4 nitrogen and oxygen atoms in total. The van der Waals surface area contributed by atoms with Crippen LogP contribution in [0.25, 0.3) is 0 Å². The van der Waals surface area contributed by atoms with E-state index < -0.39 is 18.1 Å². The summed E-state index contributed by atoms with van der Waals surface area (Å²) < 4.78 is 37.8. The summed E-state index contributed by atoms with van der Waals surface area (Å²) in [6, 6.07) is -0.470. The van der Waals surface area contributed by atoms with Gasteiger partial charge < -0.3 is 15.1 Å². The van der Waals surface area contributed by atoms with Gasteiger partial charge >= 0.3 is 6.18 Å². The van der Waals surface area contributed by atoms with Crippen molar-refractivity contribution < 1.29 is 18.0 Å². The summed E-state index contributed by atoms with van der Waals surface area (Å²) in [6.07, 6.45) is -3.02. The Labute approximate surface area is 124 Å². The number of alkyl halides is 3. The molecular weight excluding hydrogens is 283 g/mol. The minimum absolute atomic E-state index is 0.0299. The molecule has 0 aliphatic carbocycles. The second-order valence-electron chi connectivity index (χ2n) is 5.85. The number of rotatable bonds is 6. The van der Waals surface area contributed by atoms with Crippen molar-refractivity contribution in [3.8, 4) is 0 Å². The fraction of sp³-hybridized carbons (Fsp3) is 0.929. The Kier molecular flexibility index (Phi) is 6.93. The van der Waals surface area contributed by atoms with Crippen LogP contribution in [0.2, 0.25) is 0 Å². The maximum absolute atomic E-state index is 12.6. The van der Waals surface area contributed by atoms with Crippen LogP contribution in [0.3, 0.4) is 0 Å². The molecule has 1 aliphatic heterocycles. The second-order valence-corrected chi connectivity index (χ2v) is 5.85. The van der Waals surface area contributed by atoms with E-state index in [0.717, 1.165) is 13.0 Å². The first-order valence-electron chi connectivity index (χ1n) is 7.49. The number of hydrogen-bond donors (Lipinski definition) is 1. The Bertz CT molecular complexity index is 326. The molecule has 1 saturated heterocycles. The summed E-state index contributed by atoms with van der Waals surface area (Å²) in [5.74, 6) is -1.40. The number of carbonyl (C=O) groups is 1. The van der Waals surface area contributed by atoms with Gasteiger partial charge in [0.05, 0.1) is 12.0 Å². The summed E-state index contributed by atoms with van der Waals surface area (Å²) in [5.41, 5.74) is 0. The van der Waals surface area contributed by atoms with Crippen LogP contribution in [0.15, 0.2) is 0 Å². The number of nitrogens with zero attached hydrogens (tertiary/aromatic N) is 2. The minimum atomic E-state index is -4.17.